The summed E-state index contributed by atoms with van der Waals surface area (Å²) in [6.07, 6.45) is 1.77. The van der Waals surface area contributed by atoms with E-state index < -0.39 is 0 Å². The van der Waals surface area contributed by atoms with Crippen molar-refractivity contribution >= 4 is 5.82 Å². The molecule has 2 N–H and O–H groups in total. The molecule has 1 aromatic heterocycles. The maximum absolute atomic E-state index is 4.03. The molecule has 2 rings (SSSR count). The highest BCUT2D eigenvalue weighted by atomic mass is 15.2. The topological polar surface area (TPSA) is 53.1 Å². The molecule has 1 aromatic rings. The van der Waals surface area contributed by atoms with Crippen LogP contribution in [0.2, 0.25) is 0 Å². The van der Waals surface area contributed by atoms with Crippen LogP contribution < -0.4 is 10.6 Å². The van der Waals surface area contributed by atoms with Crippen molar-refractivity contribution in [3.63, 3.8) is 0 Å². The average molecular weight is 221 g/mol. The van der Waals surface area contributed by atoms with Gasteiger partial charge in [-0.3, -0.25) is 4.90 Å². The lowest BCUT2D eigenvalue weighted by Gasteiger charge is -2.27. The van der Waals surface area contributed by atoms with E-state index in [0.29, 0.717) is 0 Å². The minimum atomic E-state index is 0.870. The van der Waals surface area contributed by atoms with Crippen molar-refractivity contribution in [2.24, 2.45) is 0 Å². The van der Waals surface area contributed by atoms with Crippen LogP contribution in [-0.4, -0.2) is 54.4 Å². The predicted molar refractivity (Wildman–Crippen MR) is 64.6 cm³/mol. The van der Waals surface area contributed by atoms with E-state index >= 15 is 0 Å². The summed E-state index contributed by atoms with van der Waals surface area (Å²) in [5.74, 6) is 0.870. The van der Waals surface area contributed by atoms with Gasteiger partial charge in [0.1, 0.15) is 5.82 Å². The lowest BCUT2D eigenvalue weighted by molar-refractivity contribution is 0.249. The first-order valence-electron chi connectivity index (χ1n) is 5.81. The fraction of sp³-hybridized carbons (Fsp3) is 0.636. The minimum absolute atomic E-state index is 0.870. The molecule has 0 unspecified atom stereocenters. The zero-order valence-electron chi connectivity index (χ0n) is 9.74. The monoisotopic (exact) mass is 221 g/mol. The molecule has 2 heterocycles. The molecule has 5 nitrogen and oxygen atoms in total. The first-order chi connectivity index (χ1) is 7.84. The Morgan fingerprint density at radius 2 is 2.25 bits per heavy atom. The van der Waals surface area contributed by atoms with Crippen LogP contribution >= 0.6 is 0 Å². The lowest BCUT2D eigenvalue weighted by Crippen LogP contribution is -2.45. The molecule has 1 saturated heterocycles. The van der Waals surface area contributed by atoms with Gasteiger partial charge in [0.2, 0.25) is 0 Å². The Labute approximate surface area is 96.2 Å². The highest BCUT2D eigenvalue weighted by Crippen LogP contribution is 2.02. The van der Waals surface area contributed by atoms with E-state index in [0.717, 1.165) is 50.6 Å². The van der Waals surface area contributed by atoms with Crippen molar-refractivity contribution in [3.05, 3.63) is 17.8 Å². The zero-order chi connectivity index (χ0) is 11.2. The highest BCUT2D eigenvalue weighted by Gasteiger charge is 2.08. The van der Waals surface area contributed by atoms with Gasteiger partial charge >= 0.3 is 0 Å². The molecule has 1 aliphatic heterocycles. The summed E-state index contributed by atoms with van der Waals surface area (Å²) in [6.45, 7) is 8.50. The van der Waals surface area contributed by atoms with Gasteiger partial charge in [-0.25, -0.2) is 0 Å². The summed E-state index contributed by atoms with van der Waals surface area (Å²) >= 11 is 0. The van der Waals surface area contributed by atoms with Crippen LogP contribution in [-0.2, 0) is 0 Å². The quantitative estimate of drug-likeness (QED) is 0.755. The Morgan fingerprint density at radius 3 is 3.00 bits per heavy atom. The number of rotatable bonds is 4. The van der Waals surface area contributed by atoms with Crippen molar-refractivity contribution in [1.82, 2.24) is 20.4 Å². The smallest absolute Gasteiger partial charge is 0.148 e. The first-order valence-corrected chi connectivity index (χ1v) is 5.81. The number of nitrogens with one attached hydrogen (secondary N) is 2. The first kappa shape index (κ1) is 11.3. The molecule has 5 heteroatoms. The Kier molecular flexibility index (Phi) is 4.07. The molecule has 0 bridgehead atoms. The van der Waals surface area contributed by atoms with E-state index in [-0.39, 0.29) is 0 Å². The fourth-order valence-corrected chi connectivity index (χ4v) is 1.83. The summed E-state index contributed by atoms with van der Waals surface area (Å²) in [5, 5.41) is 14.6. The van der Waals surface area contributed by atoms with Gasteiger partial charge in [0.25, 0.3) is 0 Å². The summed E-state index contributed by atoms with van der Waals surface area (Å²) in [5.41, 5.74) is 1.14. The second-order valence-corrected chi connectivity index (χ2v) is 4.14. The Bertz CT molecular complexity index is 322. The summed E-state index contributed by atoms with van der Waals surface area (Å²) in [7, 11) is 0. The molecule has 88 valence electrons. The highest BCUT2D eigenvalue weighted by molar-refractivity contribution is 5.34. The lowest BCUT2D eigenvalue weighted by atomic mass is 10.3. The molecule has 0 aromatic carbocycles. The molecule has 16 heavy (non-hydrogen) atoms. The van der Waals surface area contributed by atoms with Gasteiger partial charge in [-0.1, -0.05) is 0 Å². The van der Waals surface area contributed by atoms with Crippen LogP contribution in [0, 0.1) is 6.92 Å². The fourth-order valence-electron chi connectivity index (χ4n) is 1.83. The molecule has 0 radical (unpaired) electrons. The molecule has 0 aliphatic carbocycles. The van der Waals surface area contributed by atoms with Crippen molar-refractivity contribution in [1.29, 1.82) is 0 Å². The molecular weight excluding hydrogens is 202 g/mol. The van der Waals surface area contributed by atoms with Gasteiger partial charge in [0.15, 0.2) is 0 Å². The summed E-state index contributed by atoms with van der Waals surface area (Å²) < 4.78 is 0. The molecular formula is C11H19N5. The van der Waals surface area contributed by atoms with E-state index in [1.807, 2.05) is 13.0 Å². The number of aromatic nitrogens is 2. The largest absolute Gasteiger partial charge is 0.367 e. The Balaban J connectivity index is 1.71. The van der Waals surface area contributed by atoms with Crippen LogP contribution in [0.25, 0.3) is 0 Å². The third-order valence-electron chi connectivity index (χ3n) is 2.73. The molecule has 1 aliphatic rings. The number of anilines is 1. The van der Waals surface area contributed by atoms with E-state index in [4.69, 9.17) is 0 Å². The van der Waals surface area contributed by atoms with E-state index in [1.54, 1.807) is 6.20 Å². The van der Waals surface area contributed by atoms with Crippen molar-refractivity contribution < 1.29 is 0 Å². The molecule has 1 fully saturated rings. The molecule has 0 spiro atoms. The predicted octanol–water partition coefficient (Wildman–Crippen LogP) is 0.102. The van der Waals surface area contributed by atoms with Gasteiger partial charge in [-0.05, 0) is 18.6 Å². The van der Waals surface area contributed by atoms with Crippen LogP contribution in [0.5, 0.6) is 0 Å². The maximum Gasteiger partial charge on any atom is 0.148 e. The normalized spacial score (nSPS) is 17.3. The average Bonchev–Trinajstić information content (AvgIpc) is 2.30. The third kappa shape index (κ3) is 3.43. The number of hydrogen-bond acceptors (Lipinski definition) is 5. The van der Waals surface area contributed by atoms with E-state index in [1.165, 1.54) is 0 Å². The van der Waals surface area contributed by atoms with Crippen molar-refractivity contribution in [2.75, 3.05) is 44.6 Å². The molecule has 0 amide bonds. The molecule has 0 atom stereocenters. The van der Waals surface area contributed by atoms with Crippen molar-refractivity contribution in [3.8, 4) is 0 Å². The Hall–Kier alpha value is -1.20. The number of piperazine rings is 1. The Morgan fingerprint density at radius 1 is 1.44 bits per heavy atom. The number of hydrogen-bond donors (Lipinski definition) is 2. The standard InChI is InChI=1S/C11H19N5/c1-10-8-11(15-14-9-10)13-4-7-16-5-2-12-3-6-16/h8-9,12H,2-7H2,1H3,(H,13,15). The van der Waals surface area contributed by atoms with Gasteiger partial charge in [0.05, 0.1) is 6.20 Å². The zero-order valence-corrected chi connectivity index (χ0v) is 9.74. The number of nitrogens with zero attached hydrogens (tertiary/aromatic N) is 3. The summed E-state index contributed by atoms with van der Waals surface area (Å²) in [4.78, 5) is 2.45. The summed E-state index contributed by atoms with van der Waals surface area (Å²) in [6, 6.07) is 2.02. The van der Waals surface area contributed by atoms with Crippen LogP contribution in [0.15, 0.2) is 12.3 Å². The minimum Gasteiger partial charge on any atom is -0.367 e. The van der Waals surface area contributed by atoms with Crippen molar-refractivity contribution in [2.45, 2.75) is 6.92 Å². The maximum atomic E-state index is 4.03. The van der Waals surface area contributed by atoms with Gasteiger partial charge in [-0.15, -0.1) is 5.10 Å². The van der Waals surface area contributed by atoms with E-state index in [2.05, 4.69) is 25.7 Å². The SMILES string of the molecule is Cc1cnnc(NCCN2CCNCC2)c1. The van der Waals surface area contributed by atoms with Crippen LogP contribution in [0.1, 0.15) is 5.56 Å². The number of aryl methyl sites for hydroxylation is 1. The second-order valence-electron chi connectivity index (χ2n) is 4.14. The van der Waals surface area contributed by atoms with Gasteiger partial charge in [0, 0.05) is 39.3 Å². The van der Waals surface area contributed by atoms with Crippen LogP contribution in [0.3, 0.4) is 0 Å². The van der Waals surface area contributed by atoms with E-state index in [9.17, 15) is 0 Å². The van der Waals surface area contributed by atoms with Gasteiger partial charge in [-0.2, -0.15) is 5.10 Å². The third-order valence-corrected chi connectivity index (χ3v) is 2.73. The molecule has 0 saturated carbocycles. The van der Waals surface area contributed by atoms with Gasteiger partial charge < -0.3 is 10.6 Å². The van der Waals surface area contributed by atoms with Crippen LogP contribution in [0.4, 0.5) is 5.82 Å². The second kappa shape index (κ2) is 5.77.